The summed E-state index contributed by atoms with van der Waals surface area (Å²) >= 11 is 0. The van der Waals surface area contributed by atoms with Gasteiger partial charge in [0.1, 0.15) is 17.5 Å². The normalized spacial score (nSPS) is 27.7. The molecule has 2 aliphatic heterocycles. The average molecular weight is 560 g/mol. The van der Waals surface area contributed by atoms with Crippen LogP contribution in [0.5, 0.6) is 0 Å². The van der Waals surface area contributed by atoms with Crippen molar-refractivity contribution in [3.05, 3.63) is 83.4 Å². The predicted octanol–water partition coefficient (Wildman–Crippen LogP) is 3.21. The lowest BCUT2D eigenvalue weighted by Crippen LogP contribution is -2.68. The number of nitrogen functional groups attached to an aromatic ring is 1. The number of nitrogens with zero attached hydrogens (tertiary/aromatic N) is 2. The molecular weight excluding hydrogens is 522 g/mol. The highest BCUT2D eigenvalue weighted by atomic mass is 28.4. The molecule has 3 aromatic rings. The van der Waals surface area contributed by atoms with Gasteiger partial charge in [0.05, 0.1) is 6.61 Å². The van der Waals surface area contributed by atoms with Gasteiger partial charge in [-0.1, -0.05) is 87.4 Å². The number of ether oxygens (including phenoxy) is 3. The summed E-state index contributed by atoms with van der Waals surface area (Å²) in [6.45, 7) is 12.1. The van der Waals surface area contributed by atoms with Gasteiger partial charge in [-0.3, -0.25) is 4.57 Å². The van der Waals surface area contributed by atoms with Crippen molar-refractivity contribution in [2.75, 3.05) is 12.3 Å². The molecule has 0 amide bonds. The van der Waals surface area contributed by atoms with Crippen molar-refractivity contribution in [2.24, 2.45) is 0 Å². The number of nitrogens with two attached hydrogens (primary N) is 1. The van der Waals surface area contributed by atoms with E-state index in [1.54, 1.807) is 12.3 Å². The molecule has 0 spiro atoms. The first-order chi connectivity index (χ1) is 18.8. The number of hydrogen-bond donors (Lipinski definition) is 1. The van der Waals surface area contributed by atoms with E-state index in [2.05, 4.69) is 55.9 Å². The third-order valence-electron chi connectivity index (χ3n) is 7.89. The molecule has 2 fully saturated rings. The minimum absolute atomic E-state index is 0.0180. The highest BCUT2D eigenvalue weighted by Crippen LogP contribution is 2.55. The number of anilines is 1. The van der Waals surface area contributed by atoms with Gasteiger partial charge in [-0.25, -0.2) is 4.79 Å². The standard InChI is InChI=1S/C31H37N3O5Si/c1-8-31(21-36-40(28(2,3)4,22-15-11-9-12-16-22)23-17-13-10-14-18-23)25-30(7,39-29(5,6)37-25)26(38-31)34-20-19-24(32)33-27(34)35/h1,9-20,25-26H,21H2,2-7H3,(H2,32,33,35)/t25-,26+,30+,31+/m0/s1. The predicted molar refractivity (Wildman–Crippen MR) is 157 cm³/mol. The van der Waals surface area contributed by atoms with Crippen molar-refractivity contribution < 1.29 is 18.6 Å². The fraction of sp³-hybridized carbons (Fsp3) is 0.419. The van der Waals surface area contributed by atoms with E-state index in [0.29, 0.717) is 0 Å². The van der Waals surface area contributed by atoms with Crippen LogP contribution in [0.25, 0.3) is 0 Å². The Bertz CT molecular complexity index is 1440. The molecule has 8 nitrogen and oxygen atoms in total. The maximum atomic E-state index is 13.0. The van der Waals surface area contributed by atoms with Gasteiger partial charge < -0.3 is 24.4 Å². The van der Waals surface area contributed by atoms with E-state index in [4.69, 9.17) is 30.8 Å². The second-order valence-corrected chi connectivity index (χ2v) is 16.5. The summed E-state index contributed by atoms with van der Waals surface area (Å²) in [5.41, 5.74) is 2.70. The van der Waals surface area contributed by atoms with Crippen molar-refractivity contribution in [2.45, 2.75) is 75.9 Å². The SMILES string of the molecule is C#C[C@]1(CO[Si](c2ccccc2)(c2ccccc2)C(C)(C)C)O[C@@H](n2ccc(N)nc2=O)[C@]2(C)OC(C)(C)O[C@@H]21. The van der Waals surface area contributed by atoms with Gasteiger partial charge in [-0.15, -0.1) is 6.42 Å². The molecule has 9 heteroatoms. The fourth-order valence-electron chi connectivity index (χ4n) is 6.30. The summed E-state index contributed by atoms with van der Waals surface area (Å²) in [5, 5.41) is 1.94. The van der Waals surface area contributed by atoms with E-state index in [-0.39, 0.29) is 17.5 Å². The van der Waals surface area contributed by atoms with Crippen LogP contribution in [0.1, 0.15) is 47.8 Å². The van der Waals surface area contributed by atoms with E-state index in [9.17, 15) is 4.79 Å². The number of aromatic nitrogens is 2. The number of terminal acetylenes is 1. The molecule has 3 heterocycles. The molecule has 2 N–H and O–H groups in total. The first kappa shape index (κ1) is 28.3. The van der Waals surface area contributed by atoms with E-state index in [1.165, 1.54) is 4.57 Å². The molecule has 0 aliphatic carbocycles. The van der Waals surface area contributed by atoms with Crippen LogP contribution in [-0.4, -0.2) is 47.6 Å². The summed E-state index contributed by atoms with van der Waals surface area (Å²) in [4.78, 5) is 16.9. The lowest BCUT2D eigenvalue weighted by atomic mass is 9.88. The molecule has 4 atom stereocenters. The molecule has 0 bridgehead atoms. The molecule has 5 rings (SSSR count). The van der Waals surface area contributed by atoms with Gasteiger partial charge in [-0.2, -0.15) is 4.98 Å². The summed E-state index contributed by atoms with van der Waals surface area (Å²) < 4.78 is 28.1. The summed E-state index contributed by atoms with van der Waals surface area (Å²) in [6.07, 6.45) is 6.16. The highest BCUT2D eigenvalue weighted by Gasteiger charge is 2.71. The summed E-state index contributed by atoms with van der Waals surface area (Å²) in [6, 6.07) is 22.1. The van der Waals surface area contributed by atoms with Crippen LogP contribution in [0.15, 0.2) is 77.7 Å². The quantitative estimate of drug-likeness (QED) is 0.366. The molecule has 0 saturated carbocycles. The Morgan fingerprint density at radius 1 is 1.02 bits per heavy atom. The Morgan fingerprint density at radius 2 is 1.60 bits per heavy atom. The Labute approximate surface area is 236 Å². The third-order valence-corrected chi connectivity index (χ3v) is 12.9. The maximum Gasteiger partial charge on any atom is 0.351 e. The molecule has 2 aliphatic rings. The smallest absolute Gasteiger partial charge is 0.351 e. The molecule has 2 aromatic carbocycles. The zero-order valence-electron chi connectivity index (χ0n) is 23.9. The van der Waals surface area contributed by atoms with Crippen molar-refractivity contribution in [3.8, 4) is 12.3 Å². The van der Waals surface area contributed by atoms with Crippen LogP contribution in [0.4, 0.5) is 5.82 Å². The molecule has 1 aromatic heterocycles. The molecule has 0 unspecified atom stereocenters. The fourth-order valence-corrected chi connectivity index (χ4v) is 10.9. The van der Waals surface area contributed by atoms with Crippen molar-refractivity contribution in [1.29, 1.82) is 0 Å². The molecule has 2 saturated heterocycles. The van der Waals surface area contributed by atoms with E-state index in [0.717, 1.165) is 10.4 Å². The van der Waals surface area contributed by atoms with Crippen molar-refractivity contribution in [1.82, 2.24) is 9.55 Å². The first-order valence-corrected chi connectivity index (χ1v) is 15.3. The second-order valence-electron chi connectivity index (χ2n) is 12.2. The highest BCUT2D eigenvalue weighted by molar-refractivity contribution is 6.99. The molecule has 40 heavy (non-hydrogen) atoms. The van der Waals surface area contributed by atoms with E-state index >= 15 is 0 Å². The van der Waals surface area contributed by atoms with Gasteiger partial charge in [0, 0.05) is 6.20 Å². The largest absolute Gasteiger partial charge is 0.403 e. The minimum Gasteiger partial charge on any atom is -0.403 e. The second kappa shape index (κ2) is 9.68. The first-order valence-electron chi connectivity index (χ1n) is 13.4. The maximum absolute atomic E-state index is 13.0. The van der Waals surface area contributed by atoms with Crippen LogP contribution in [0.3, 0.4) is 0 Å². The van der Waals surface area contributed by atoms with Crippen LogP contribution < -0.4 is 21.8 Å². The van der Waals surface area contributed by atoms with Crippen molar-refractivity contribution in [3.63, 3.8) is 0 Å². The monoisotopic (exact) mass is 559 g/mol. The Morgan fingerprint density at radius 3 is 2.10 bits per heavy atom. The summed E-state index contributed by atoms with van der Waals surface area (Å²) in [5.74, 6) is 2.01. The van der Waals surface area contributed by atoms with Crippen molar-refractivity contribution >= 4 is 24.5 Å². The van der Waals surface area contributed by atoms with Crippen LogP contribution in [0.2, 0.25) is 5.04 Å². The van der Waals surface area contributed by atoms with Crippen LogP contribution in [0, 0.1) is 12.3 Å². The zero-order chi connectivity index (χ0) is 29.0. The number of benzene rings is 2. The van der Waals surface area contributed by atoms with Gasteiger partial charge in [0.2, 0.25) is 0 Å². The number of fused-ring (bicyclic) bond motifs is 1. The minimum atomic E-state index is -2.97. The van der Waals surface area contributed by atoms with E-state index in [1.807, 2.05) is 57.2 Å². The Balaban J connectivity index is 1.64. The molecular formula is C31H37N3O5Si. The Hall–Kier alpha value is -3.26. The topological polar surface area (TPSA) is 97.8 Å². The van der Waals surface area contributed by atoms with Gasteiger partial charge >= 0.3 is 5.69 Å². The molecule has 210 valence electrons. The van der Waals surface area contributed by atoms with Gasteiger partial charge in [-0.05, 0) is 42.2 Å². The average Bonchev–Trinajstić information content (AvgIpc) is 3.29. The van der Waals surface area contributed by atoms with Crippen LogP contribution in [-0.2, 0) is 18.6 Å². The number of rotatable bonds is 6. The van der Waals surface area contributed by atoms with Gasteiger partial charge in [0.25, 0.3) is 8.32 Å². The van der Waals surface area contributed by atoms with Crippen LogP contribution >= 0.6 is 0 Å². The third kappa shape index (κ3) is 4.41. The molecule has 0 radical (unpaired) electrons. The van der Waals surface area contributed by atoms with E-state index < -0.39 is 43.3 Å². The lowest BCUT2D eigenvalue weighted by Gasteiger charge is -2.44. The Kier molecular flexibility index (Phi) is 6.84. The summed E-state index contributed by atoms with van der Waals surface area (Å²) in [7, 11) is -2.97. The lowest BCUT2D eigenvalue weighted by molar-refractivity contribution is -0.228. The zero-order valence-corrected chi connectivity index (χ0v) is 24.9. The van der Waals surface area contributed by atoms with Gasteiger partial charge in [0.15, 0.2) is 17.6 Å². The number of hydrogen-bond acceptors (Lipinski definition) is 7.